The van der Waals surface area contributed by atoms with Crippen molar-refractivity contribution in [2.45, 2.75) is 13.0 Å². The number of rotatable bonds is 6. The standard InChI is InChI=1S/C17H18N2O2/c1-20-17-10-13(8-9-18)6-7-16(17)21-12-15-4-2-14(11-19)3-5-15/h2-7,10H,8-9,12,18H2,1H3. The number of methoxy groups -OCH3 is 1. The normalized spacial score (nSPS) is 9.95. The van der Waals surface area contributed by atoms with E-state index in [-0.39, 0.29) is 0 Å². The molecule has 0 saturated heterocycles. The highest BCUT2D eigenvalue weighted by atomic mass is 16.5. The quantitative estimate of drug-likeness (QED) is 0.884. The topological polar surface area (TPSA) is 68.3 Å². The van der Waals surface area contributed by atoms with Crippen LogP contribution in [-0.2, 0) is 13.0 Å². The molecule has 0 aromatic heterocycles. The zero-order chi connectivity index (χ0) is 15.1. The molecule has 0 aliphatic carbocycles. The van der Waals surface area contributed by atoms with Gasteiger partial charge in [-0.2, -0.15) is 5.26 Å². The second-order valence-corrected chi connectivity index (χ2v) is 4.62. The summed E-state index contributed by atoms with van der Waals surface area (Å²) in [4.78, 5) is 0. The second-order valence-electron chi connectivity index (χ2n) is 4.62. The van der Waals surface area contributed by atoms with Crippen molar-refractivity contribution < 1.29 is 9.47 Å². The summed E-state index contributed by atoms with van der Waals surface area (Å²) in [6.07, 6.45) is 0.812. The molecule has 4 nitrogen and oxygen atoms in total. The Hall–Kier alpha value is -2.51. The fourth-order valence-electron chi connectivity index (χ4n) is 1.99. The Labute approximate surface area is 124 Å². The van der Waals surface area contributed by atoms with Crippen molar-refractivity contribution in [3.63, 3.8) is 0 Å². The Bertz CT molecular complexity index is 630. The zero-order valence-corrected chi connectivity index (χ0v) is 12.0. The van der Waals surface area contributed by atoms with Crippen LogP contribution in [0.25, 0.3) is 0 Å². The molecule has 108 valence electrons. The molecule has 0 saturated carbocycles. The lowest BCUT2D eigenvalue weighted by Crippen LogP contribution is -2.03. The molecule has 0 bridgehead atoms. The summed E-state index contributed by atoms with van der Waals surface area (Å²) >= 11 is 0. The highest BCUT2D eigenvalue weighted by Gasteiger charge is 2.06. The van der Waals surface area contributed by atoms with Crippen LogP contribution in [0.5, 0.6) is 11.5 Å². The molecule has 0 spiro atoms. The molecule has 0 atom stereocenters. The van der Waals surface area contributed by atoms with Crippen molar-refractivity contribution in [1.82, 2.24) is 0 Å². The van der Waals surface area contributed by atoms with Gasteiger partial charge in [-0.15, -0.1) is 0 Å². The first-order valence-electron chi connectivity index (χ1n) is 6.75. The molecule has 0 aliphatic rings. The average Bonchev–Trinajstić information content (AvgIpc) is 2.54. The van der Waals surface area contributed by atoms with Gasteiger partial charge in [-0.3, -0.25) is 0 Å². The fourth-order valence-corrected chi connectivity index (χ4v) is 1.99. The summed E-state index contributed by atoms with van der Waals surface area (Å²) in [5.41, 5.74) is 8.32. The maximum Gasteiger partial charge on any atom is 0.161 e. The van der Waals surface area contributed by atoms with Crippen molar-refractivity contribution in [3.8, 4) is 17.6 Å². The smallest absolute Gasteiger partial charge is 0.161 e. The maximum atomic E-state index is 8.77. The molecular weight excluding hydrogens is 264 g/mol. The number of nitrogens with two attached hydrogens (primary N) is 1. The van der Waals surface area contributed by atoms with Gasteiger partial charge in [0.25, 0.3) is 0 Å². The molecule has 0 unspecified atom stereocenters. The van der Waals surface area contributed by atoms with Crippen LogP contribution in [0.15, 0.2) is 42.5 Å². The van der Waals surface area contributed by atoms with Crippen LogP contribution in [0.1, 0.15) is 16.7 Å². The van der Waals surface area contributed by atoms with Crippen LogP contribution in [0.4, 0.5) is 0 Å². The van der Waals surface area contributed by atoms with Crippen LogP contribution in [0.2, 0.25) is 0 Å². The van der Waals surface area contributed by atoms with Gasteiger partial charge < -0.3 is 15.2 Å². The molecule has 0 heterocycles. The van der Waals surface area contributed by atoms with Crippen LogP contribution in [-0.4, -0.2) is 13.7 Å². The van der Waals surface area contributed by atoms with Crippen LogP contribution < -0.4 is 15.2 Å². The van der Waals surface area contributed by atoms with Gasteiger partial charge in [-0.25, -0.2) is 0 Å². The largest absolute Gasteiger partial charge is 0.493 e. The predicted octanol–water partition coefficient (Wildman–Crippen LogP) is 2.65. The van der Waals surface area contributed by atoms with E-state index in [2.05, 4.69) is 6.07 Å². The van der Waals surface area contributed by atoms with Crippen LogP contribution in [0, 0.1) is 11.3 Å². The first kappa shape index (κ1) is 14.9. The molecule has 0 fully saturated rings. The van der Waals surface area contributed by atoms with Crippen molar-refractivity contribution >= 4 is 0 Å². The SMILES string of the molecule is COc1cc(CCN)ccc1OCc1ccc(C#N)cc1. The lowest BCUT2D eigenvalue weighted by atomic mass is 10.1. The molecule has 4 heteroatoms. The van der Waals surface area contributed by atoms with E-state index in [9.17, 15) is 0 Å². The number of ether oxygens (including phenoxy) is 2. The number of nitriles is 1. The van der Waals surface area contributed by atoms with Crippen molar-refractivity contribution in [2.24, 2.45) is 5.73 Å². The summed E-state index contributed by atoms with van der Waals surface area (Å²) in [5, 5.41) is 8.77. The van der Waals surface area contributed by atoms with Gasteiger partial charge in [0.1, 0.15) is 6.61 Å². The van der Waals surface area contributed by atoms with Gasteiger partial charge in [-0.1, -0.05) is 18.2 Å². The molecule has 2 N–H and O–H groups in total. The first-order valence-corrected chi connectivity index (χ1v) is 6.75. The fraction of sp³-hybridized carbons (Fsp3) is 0.235. The molecule has 21 heavy (non-hydrogen) atoms. The van der Waals surface area contributed by atoms with Crippen molar-refractivity contribution in [2.75, 3.05) is 13.7 Å². The molecule has 2 aromatic rings. The molecule has 0 aliphatic heterocycles. The highest BCUT2D eigenvalue weighted by molar-refractivity contribution is 5.43. The summed E-state index contributed by atoms with van der Waals surface area (Å²) in [7, 11) is 1.62. The lowest BCUT2D eigenvalue weighted by Gasteiger charge is -2.12. The van der Waals surface area contributed by atoms with Crippen LogP contribution in [0.3, 0.4) is 0 Å². The van der Waals surface area contributed by atoms with E-state index in [1.807, 2.05) is 30.3 Å². The molecule has 0 radical (unpaired) electrons. The van der Waals surface area contributed by atoms with Gasteiger partial charge >= 0.3 is 0 Å². The van der Waals surface area contributed by atoms with Gasteiger partial charge in [0.15, 0.2) is 11.5 Å². The Balaban J connectivity index is 2.06. The van der Waals surface area contributed by atoms with E-state index in [0.717, 1.165) is 17.5 Å². The van der Waals surface area contributed by atoms with E-state index in [1.165, 1.54) is 0 Å². The average molecular weight is 282 g/mol. The van der Waals surface area contributed by atoms with Crippen molar-refractivity contribution in [3.05, 3.63) is 59.2 Å². The minimum atomic E-state index is 0.429. The number of hydrogen-bond donors (Lipinski definition) is 1. The number of hydrogen-bond acceptors (Lipinski definition) is 4. The van der Waals surface area contributed by atoms with E-state index < -0.39 is 0 Å². The third-order valence-electron chi connectivity index (χ3n) is 3.14. The Morgan fingerprint density at radius 2 is 1.76 bits per heavy atom. The second kappa shape index (κ2) is 7.32. The van der Waals surface area contributed by atoms with Crippen molar-refractivity contribution in [1.29, 1.82) is 5.26 Å². The minimum Gasteiger partial charge on any atom is -0.493 e. The van der Waals surface area contributed by atoms with Gasteiger partial charge in [0.05, 0.1) is 18.7 Å². The molecule has 0 amide bonds. The molecule has 2 rings (SSSR count). The Morgan fingerprint density at radius 1 is 1.05 bits per heavy atom. The first-order chi connectivity index (χ1) is 10.3. The van der Waals surface area contributed by atoms with Crippen LogP contribution >= 0.6 is 0 Å². The van der Waals surface area contributed by atoms with E-state index in [0.29, 0.717) is 30.2 Å². The summed E-state index contributed by atoms with van der Waals surface area (Å²) in [6.45, 7) is 1.03. The Kier molecular flexibility index (Phi) is 5.19. The van der Waals surface area contributed by atoms with Gasteiger partial charge in [0, 0.05) is 0 Å². The maximum absolute atomic E-state index is 8.77. The zero-order valence-electron chi connectivity index (χ0n) is 12.0. The third kappa shape index (κ3) is 3.98. The highest BCUT2D eigenvalue weighted by Crippen LogP contribution is 2.29. The summed E-state index contributed by atoms with van der Waals surface area (Å²) in [6, 6.07) is 15.2. The monoisotopic (exact) mass is 282 g/mol. The summed E-state index contributed by atoms with van der Waals surface area (Å²) in [5.74, 6) is 1.40. The summed E-state index contributed by atoms with van der Waals surface area (Å²) < 4.78 is 11.1. The van der Waals surface area contributed by atoms with E-state index >= 15 is 0 Å². The molecular formula is C17H18N2O2. The lowest BCUT2D eigenvalue weighted by molar-refractivity contribution is 0.284. The number of benzene rings is 2. The Morgan fingerprint density at radius 3 is 2.38 bits per heavy atom. The minimum absolute atomic E-state index is 0.429. The molecule has 2 aromatic carbocycles. The predicted molar refractivity (Wildman–Crippen MR) is 81.2 cm³/mol. The van der Waals surface area contributed by atoms with E-state index in [4.69, 9.17) is 20.5 Å². The van der Waals surface area contributed by atoms with Gasteiger partial charge in [-0.05, 0) is 48.4 Å². The third-order valence-corrected chi connectivity index (χ3v) is 3.14. The van der Waals surface area contributed by atoms with E-state index in [1.54, 1.807) is 19.2 Å². The number of nitrogens with zero attached hydrogens (tertiary/aromatic N) is 1. The van der Waals surface area contributed by atoms with Gasteiger partial charge in [0.2, 0.25) is 0 Å².